The quantitative estimate of drug-likeness (QED) is 0.533. The van der Waals surface area contributed by atoms with Gasteiger partial charge in [0, 0.05) is 0 Å². The third-order valence-corrected chi connectivity index (χ3v) is 8.54. The summed E-state index contributed by atoms with van der Waals surface area (Å²) in [5.74, 6) is 0. The average Bonchev–Trinajstić information content (AvgIpc) is 1.90. The van der Waals surface area contributed by atoms with Gasteiger partial charge in [-0.15, -0.1) is 0 Å². The van der Waals surface area contributed by atoms with Crippen LogP contribution in [0.1, 0.15) is 0 Å². The molecule has 0 spiro atoms. The fourth-order valence-electron chi connectivity index (χ4n) is 0.181. The molecule has 42 valence electrons. The van der Waals surface area contributed by atoms with Gasteiger partial charge in [-0.2, -0.15) is 0 Å². The first-order valence-electron chi connectivity index (χ1n) is 1.65. The van der Waals surface area contributed by atoms with Gasteiger partial charge in [0.05, 0.1) is 10.2 Å². The molecule has 1 aliphatic rings. The van der Waals surface area contributed by atoms with E-state index in [-0.39, 0.29) is 0 Å². The van der Waals surface area contributed by atoms with E-state index in [0.717, 1.165) is 0 Å². The van der Waals surface area contributed by atoms with Gasteiger partial charge < -0.3 is 0 Å². The summed E-state index contributed by atoms with van der Waals surface area (Å²) < 4.78 is 0. The maximum atomic E-state index is 1.95. The molecule has 1 rings (SSSR count). The predicted octanol–water partition coefficient (Wildman–Crippen LogP) is 3.33. The van der Waals surface area contributed by atoms with Crippen LogP contribution >= 0.6 is 53.0 Å². The third-order valence-electron chi connectivity index (χ3n) is 0.372. The molecule has 0 saturated carbocycles. The minimum atomic E-state index is 1.24. The smallest absolute Gasteiger partial charge is 0.0608 e. The van der Waals surface area contributed by atoms with E-state index >= 15 is 0 Å². The molecule has 0 amide bonds. The van der Waals surface area contributed by atoms with E-state index in [1.54, 1.807) is 0 Å². The molecule has 1 aliphatic heterocycles. The van der Waals surface area contributed by atoms with Crippen LogP contribution in [0.15, 0.2) is 0 Å². The lowest BCUT2D eigenvalue weighted by Gasteiger charge is -1.83. The molecule has 0 aromatic heterocycles. The highest BCUT2D eigenvalue weighted by Crippen LogP contribution is 2.46. The van der Waals surface area contributed by atoms with Crippen LogP contribution in [0.25, 0.3) is 0 Å². The van der Waals surface area contributed by atoms with E-state index in [1.165, 1.54) is 10.2 Å². The molecule has 5 heteroatoms. The highest BCUT2D eigenvalue weighted by molar-refractivity contribution is 9.12. The van der Waals surface area contributed by atoms with Crippen LogP contribution in [0.5, 0.6) is 0 Å². The Balaban J connectivity index is 2.04. The van der Waals surface area contributed by atoms with E-state index < -0.39 is 0 Å². The van der Waals surface area contributed by atoms with Crippen LogP contribution in [0.2, 0.25) is 0 Å². The second-order valence-corrected chi connectivity index (χ2v) is 8.20. The van der Waals surface area contributed by atoms with Crippen LogP contribution in [-0.4, -0.2) is 10.2 Å². The first-order chi connectivity index (χ1) is 3.50. The number of hydrogen-bond donors (Lipinski definition) is 0. The van der Waals surface area contributed by atoms with E-state index in [4.69, 9.17) is 0 Å². The minimum absolute atomic E-state index is 1.24. The Hall–Kier alpha value is 1.75. The van der Waals surface area contributed by atoms with Crippen molar-refractivity contribution in [1.29, 1.82) is 0 Å². The Bertz CT molecular complexity index is 25.7. The van der Waals surface area contributed by atoms with E-state index in [2.05, 4.69) is 0 Å². The first-order valence-corrected chi connectivity index (χ1v) is 7.96. The molecule has 0 aliphatic carbocycles. The Kier molecular flexibility index (Phi) is 4.52. The summed E-state index contributed by atoms with van der Waals surface area (Å²) in [7, 11) is 9.69. The van der Waals surface area contributed by atoms with Gasteiger partial charge in [-0.25, -0.2) is 0 Å². The van der Waals surface area contributed by atoms with Gasteiger partial charge in [-0.05, 0) is 9.83 Å². The first kappa shape index (κ1) is 6.86. The van der Waals surface area contributed by atoms with Crippen molar-refractivity contribution in [2.75, 3.05) is 10.2 Å². The average molecular weight is 188 g/mol. The molecule has 0 radical (unpaired) electrons. The van der Waals surface area contributed by atoms with Gasteiger partial charge in [-0.1, -0.05) is 43.2 Å². The zero-order valence-electron chi connectivity index (χ0n) is 3.46. The molecule has 0 nitrogen and oxygen atoms in total. The fourth-order valence-corrected chi connectivity index (χ4v) is 9.12. The van der Waals surface area contributed by atoms with Crippen molar-refractivity contribution in [2.45, 2.75) is 0 Å². The van der Waals surface area contributed by atoms with Crippen LogP contribution in [0.4, 0.5) is 0 Å². The molecule has 0 aromatic carbocycles. The van der Waals surface area contributed by atoms with Gasteiger partial charge in [0.25, 0.3) is 0 Å². The second kappa shape index (κ2) is 4.61. The van der Waals surface area contributed by atoms with Crippen molar-refractivity contribution in [3.63, 3.8) is 0 Å². The van der Waals surface area contributed by atoms with Crippen molar-refractivity contribution in [2.24, 2.45) is 0 Å². The molecule has 1 saturated heterocycles. The van der Waals surface area contributed by atoms with Crippen molar-refractivity contribution >= 4 is 53.0 Å². The number of rotatable bonds is 0. The Morgan fingerprint density at radius 1 is 0.714 bits per heavy atom. The van der Waals surface area contributed by atoms with Crippen molar-refractivity contribution in [3.8, 4) is 0 Å². The van der Waals surface area contributed by atoms with Crippen molar-refractivity contribution in [1.82, 2.24) is 0 Å². The van der Waals surface area contributed by atoms with Crippen molar-refractivity contribution < 1.29 is 0 Å². The third kappa shape index (κ3) is 3.35. The largest absolute Gasteiger partial charge is 0.0814 e. The zero-order chi connectivity index (χ0) is 4.95. The topological polar surface area (TPSA) is 0 Å². The standard InChI is InChI=1S/C2H4S5/c1-3-4-2-6-7-5-1/h1-2H2. The molecule has 0 aromatic rings. The molecular weight excluding hydrogens is 184 g/mol. The monoisotopic (exact) mass is 188 g/mol. The summed E-state index contributed by atoms with van der Waals surface area (Å²) in [5, 5.41) is 2.48. The maximum Gasteiger partial charge on any atom is 0.0608 e. The normalized spacial score (nSPS) is 24.0. The summed E-state index contributed by atoms with van der Waals surface area (Å²) in [6.45, 7) is 0. The Morgan fingerprint density at radius 3 is 1.86 bits per heavy atom. The maximum absolute atomic E-state index is 1.95. The SMILES string of the molecule is C1SSCSSS1. The lowest BCUT2D eigenvalue weighted by molar-refractivity contribution is 2.33. The second-order valence-electron chi connectivity index (χ2n) is 0.775. The summed E-state index contributed by atoms with van der Waals surface area (Å²) in [6, 6.07) is 0. The molecule has 0 bridgehead atoms. The molecular formula is C2H4S5. The van der Waals surface area contributed by atoms with Crippen LogP contribution in [0.3, 0.4) is 0 Å². The highest BCUT2D eigenvalue weighted by Gasteiger charge is 1.98. The van der Waals surface area contributed by atoms with Gasteiger partial charge in [0.1, 0.15) is 0 Å². The van der Waals surface area contributed by atoms with Crippen molar-refractivity contribution in [3.05, 3.63) is 0 Å². The molecule has 1 heterocycles. The van der Waals surface area contributed by atoms with Gasteiger partial charge >= 0.3 is 0 Å². The number of hydrogen-bond acceptors (Lipinski definition) is 5. The van der Waals surface area contributed by atoms with Gasteiger partial charge in [0.2, 0.25) is 0 Å². The van der Waals surface area contributed by atoms with E-state index in [1.807, 2.05) is 53.0 Å². The van der Waals surface area contributed by atoms with E-state index in [9.17, 15) is 0 Å². The lowest BCUT2D eigenvalue weighted by atomic mass is 11.9. The molecule has 7 heavy (non-hydrogen) atoms. The summed E-state index contributed by atoms with van der Waals surface area (Å²) >= 11 is 0. The Morgan fingerprint density at radius 2 is 1.29 bits per heavy atom. The summed E-state index contributed by atoms with van der Waals surface area (Å²) in [6.07, 6.45) is 0. The fraction of sp³-hybridized carbons (Fsp3) is 1.00. The zero-order valence-corrected chi connectivity index (χ0v) is 7.54. The summed E-state index contributed by atoms with van der Waals surface area (Å²) in [5.41, 5.74) is 0. The molecule has 0 N–H and O–H groups in total. The van der Waals surface area contributed by atoms with Gasteiger partial charge in [0.15, 0.2) is 0 Å². The van der Waals surface area contributed by atoms with Gasteiger partial charge in [-0.3, -0.25) is 0 Å². The Labute approximate surface area is 62.9 Å². The van der Waals surface area contributed by atoms with E-state index in [0.29, 0.717) is 0 Å². The van der Waals surface area contributed by atoms with Crippen LogP contribution in [-0.2, 0) is 0 Å². The van der Waals surface area contributed by atoms with Crippen LogP contribution in [0, 0.1) is 0 Å². The predicted molar refractivity (Wildman–Crippen MR) is 47.7 cm³/mol. The lowest BCUT2D eigenvalue weighted by Crippen LogP contribution is -1.52. The summed E-state index contributed by atoms with van der Waals surface area (Å²) in [4.78, 5) is 0. The minimum Gasteiger partial charge on any atom is -0.0814 e. The highest BCUT2D eigenvalue weighted by atomic mass is 33.5. The molecule has 0 unspecified atom stereocenters. The van der Waals surface area contributed by atoms with Crippen LogP contribution < -0.4 is 0 Å². The molecule has 0 atom stereocenters. The molecule has 1 fully saturated rings.